The summed E-state index contributed by atoms with van der Waals surface area (Å²) in [6.45, 7) is -0.775. The number of hydrogen-bond donors (Lipinski definition) is 2. The molecule has 7 heteroatoms. The fourth-order valence-electron chi connectivity index (χ4n) is 0.320. The number of ether oxygens (including phenoxy) is 1. The minimum atomic E-state index is -1.30. The van der Waals surface area contributed by atoms with Crippen LogP contribution in [0.1, 0.15) is 0 Å². The molecule has 0 aromatic carbocycles. The van der Waals surface area contributed by atoms with Crippen molar-refractivity contribution in [3.63, 3.8) is 0 Å². The number of carbonyl (C=O) groups excluding carboxylic acids is 1. The third-order valence-electron chi connectivity index (χ3n) is 0.700. The molecular weight excluding hydrogens is 191 g/mol. The molecule has 0 radical (unpaired) electrons. The molecule has 0 aromatic rings. The van der Waals surface area contributed by atoms with Crippen LogP contribution in [0.3, 0.4) is 0 Å². The summed E-state index contributed by atoms with van der Waals surface area (Å²) in [4.78, 5) is 30.1. The van der Waals surface area contributed by atoms with Gasteiger partial charge in [-0.1, -0.05) is 0 Å². The average molecular weight is 198 g/mol. The number of esters is 1. The van der Waals surface area contributed by atoms with Gasteiger partial charge in [-0.15, -0.1) is 0 Å². The van der Waals surface area contributed by atoms with E-state index < -0.39 is 24.5 Å². The first kappa shape index (κ1) is 14.7. The molecule has 0 atom stereocenters. The van der Waals surface area contributed by atoms with Crippen LogP contribution >= 0.6 is 0 Å². The quantitative estimate of drug-likeness (QED) is 0.327. The van der Waals surface area contributed by atoms with Crippen molar-refractivity contribution in [2.75, 3.05) is 6.61 Å². The van der Waals surface area contributed by atoms with Crippen LogP contribution in [0, 0.1) is 0 Å². The molecule has 0 saturated carbocycles. The van der Waals surface area contributed by atoms with Crippen molar-refractivity contribution in [2.45, 2.75) is 0 Å². The third-order valence-corrected chi connectivity index (χ3v) is 0.700. The van der Waals surface area contributed by atoms with E-state index in [0.29, 0.717) is 12.2 Å². The van der Waals surface area contributed by atoms with Gasteiger partial charge in [-0.25, -0.2) is 14.4 Å². The Morgan fingerprint density at radius 2 is 1.69 bits per heavy atom. The standard InChI is InChI=1S/C6H6O6.Na.H/c7-4(8)1-2-6(11)12-3-5(9)10;;/h1-2H,3H2,(H,7,8)(H,9,10);;/b2-1-;;. The monoisotopic (exact) mass is 198 g/mol. The minimum absolute atomic E-state index is 0. The summed E-state index contributed by atoms with van der Waals surface area (Å²) < 4.78 is 4.07. The van der Waals surface area contributed by atoms with Crippen LogP contribution in [-0.4, -0.2) is 64.3 Å². The molecule has 0 saturated heterocycles. The fraction of sp³-hybridized carbons (Fsp3) is 0.167. The van der Waals surface area contributed by atoms with Crippen molar-refractivity contribution in [3.05, 3.63) is 12.2 Å². The van der Waals surface area contributed by atoms with Gasteiger partial charge in [-0.3, -0.25) is 0 Å². The van der Waals surface area contributed by atoms with Crippen molar-refractivity contribution in [2.24, 2.45) is 0 Å². The van der Waals surface area contributed by atoms with E-state index in [1.165, 1.54) is 0 Å². The van der Waals surface area contributed by atoms with Gasteiger partial charge in [0, 0.05) is 12.2 Å². The molecule has 0 aliphatic rings. The van der Waals surface area contributed by atoms with Crippen LogP contribution in [-0.2, 0) is 19.1 Å². The van der Waals surface area contributed by atoms with Gasteiger partial charge in [0.05, 0.1) is 0 Å². The molecule has 6 nitrogen and oxygen atoms in total. The van der Waals surface area contributed by atoms with Gasteiger partial charge in [-0.2, -0.15) is 0 Å². The molecular formula is C6H7NaO6. The summed E-state index contributed by atoms with van der Waals surface area (Å²) in [6.07, 6.45) is 1.19. The molecule has 0 bridgehead atoms. The van der Waals surface area contributed by atoms with Crippen molar-refractivity contribution in [1.82, 2.24) is 0 Å². The first-order chi connectivity index (χ1) is 5.52. The summed E-state index contributed by atoms with van der Waals surface area (Å²) >= 11 is 0. The molecule has 0 heterocycles. The van der Waals surface area contributed by atoms with Gasteiger partial charge < -0.3 is 14.9 Å². The first-order valence-electron chi connectivity index (χ1n) is 2.82. The molecule has 0 amide bonds. The van der Waals surface area contributed by atoms with Gasteiger partial charge in [0.15, 0.2) is 6.61 Å². The van der Waals surface area contributed by atoms with Gasteiger partial charge in [-0.05, 0) is 0 Å². The molecule has 0 aliphatic carbocycles. The second-order valence-electron chi connectivity index (χ2n) is 1.67. The van der Waals surface area contributed by atoms with Crippen LogP contribution in [0.15, 0.2) is 12.2 Å². The zero-order chi connectivity index (χ0) is 9.56. The maximum atomic E-state index is 10.4. The number of carboxylic acids is 2. The molecule has 0 fully saturated rings. The molecule has 0 rings (SSSR count). The Balaban J connectivity index is 0. The number of carbonyl (C=O) groups is 3. The Morgan fingerprint density at radius 1 is 1.15 bits per heavy atom. The van der Waals surface area contributed by atoms with E-state index in [0.717, 1.165) is 0 Å². The predicted octanol–water partition coefficient (Wildman–Crippen LogP) is -1.39. The van der Waals surface area contributed by atoms with E-state index >= 15 is 0 Å². The van der Waals surface area contributed by atoms with E-state index in [-0.39, 0.29) is 29.6 Å². The summed E-state index contributed by atoms with van der Waals surface area (Å²) in [5.74, 6) is -3.60. The second-order valence-corrected chi connectivity index (χ2v) is 1.67. The Hall–Kier alpha value is -0.850. The topological polar surface area (TPSA) is 101 Å². The number of aliphatic carboxylic acids is 2. The molecule has 0 aliphatic heterocycles. The molecule has 0 spiro atoms. The average Bonchev–Trinajstić information content (AvgIpc) is 1.96. The SMILES string of the molecule is O=C(O)/C=C\C(=O)OCC(=O)O.[NaH]. The molecule has 68 valence electrons. The van der Waals surface area contributed by atoms with Gasteiger partial charge in [0.1, 0.15) is 0 Å². The van der Waals surface area contributed by atoms with Crippen molar-refractivity contribution in [1.29, 1.82) is 0 Å². The van der Waals surface area contributed by atoms with Crippen molar-refractivity contribution >= 4 is 47.5 Å². The van der Waals surface area contributed by atoms with Gasteiger partial charge >= 0.3 is 47.5 Å². The summed E-state index contributed by atoms with van der Waals surface area (Å²) in [5.41, 5.74) is 0. The maximum absolute atomic E-state index is 10.4. The van der Waals surface area contributed by atoms with Gasteiger partial charge in [0.2, 0.25) is 0 Å². The van der Waals surface area contributed by atoms with Crippen LogP contribution in [0.5, 0.6) is 0 Å². The van der Waals surface area contributed by atoms with Crippen molar-refractivity contribution in [3.8, 4) is 0 Å². The van der Waals surface area contributed by atoms with Gasteiger partial charge in [0.25, 0.3) is 0 Å². The summed E-state index contributed by atoms with van der Waals surface area (Å²) in [5, 5.41) is 16.1. The van der Waals surface area contributed by atoms with Crippen LogP contribution in [0.4, 0.5) is 0 Å². The molecule has 2 N–H and O–H groups in total. The molecule has 0 aromatic heterocycles. The van der Waals surface area contributed by atoms with E-state index in [2.05, 4.69) is 4.74 Å². The Labute approximate surface area is 95.5 Å². The van der Waals surface area contributed by atoms with Crippen LogP contribution in [0.25, 0.3) is 0 Å². The summed E-state index contributed by atoms with van der Waals surface area (Å²) in [7, 11) is 0. The summed E-state index contributed by atoms with van der Waals surface area (Å²) in [6, 6.07) is 0. The number of hydrogen-bond acceptors (Lipinski definition) is 4. The predicted molar refractivity (Wildman–Crippen MR) is 42.5 cm³/mol. The van der Waals surface area contributed by atoms with E-state index in [1.54, 1.807) is 0 Å². The zero-order valence-corrected chi connectivity index (χ0v) is 5.89. The zero-order valence-electron chi connectivity index (χ0n) is 5.89. The van der Waals surface area contributed by atoms with E-state index in [9.17, 15) is 14.4 Å². The van der Waals surface area contributed by atoms with Crippen molar-refractivity contribution < 1.29 is 29.3 Å². The van der Waals surface area contributed by atoms with E-state index in [1.807, 2.05) is 0 Å². The second kappa shape index (κ2) is 7.78. The fourth-order valence-corrected chi connectivity index (χ4v) is 0.320. The van der Waals surface area contributed by atoms with Crippen LogP contribution in [0.2, 0.25) is 0 Å². The molecule has 13 heavy (non-hydrogen) atoms. The Kier molecular flexibility index (Phi) is 8.78. The molecule has 0 unspecified atom stereocenters. The third kappa shape index (κ3) is 11.1. The normalized spacial score (nSPS) is 8.92. The van der Waals surface area contributed by atoms with E-state index in [4.69, 9.17) is 10.2 Å². The Bertz CT molecular complexity index is 233. The Morgan fingerprint density at radius 3 is 2.08 bits per heavy atom. The first-order valence-corrected chi connectivity index (χ1v) is 2.82. The number of carboxylic acid groups (broad SMARTS) is 2. The number of rotatable bonds is 4. The van der Waals surface area contributed by atoms with Crippen LogP contribution < -0.4 is 0 Å².